The number of carbonyl (C=O) groups is 4. The number of hydrogen-bond acceptors (Lipinski definition) is 9. The average molecular weight is 466 g/mol. The molecule has 5 atom stereocenters. The van der Waals surface area contributed by atoms with Crippen LogP contribution in [0.15, 0.2) is 30.3 Å². The van der Waals surface area contributed by atoms with E-state index in [1.165, 1.54) is 23.6 Å². The van der Waals surface area contributed by atoms with Gasteiger partial charge in [0.25, 0.3) is 0 Å². The molecule has 0 saturated carbocycles. The smallest absolute Gasteiger partial charge is 0.435 e. The number of β-lactam (4-membered cyclic amide) rings is 1. The summed E-state index contributed by atoms with van der Waals surface area (Å²) in [5.41, 5.74) is 6.65. The Labute approximate surface area is 190 Å². The maximum atomic E-state index is 12.8. The Kier molecular flexibility index (Phi) is 6.99. The summed E-state index contributed by atoms with van der Waals surface area (Å²) in [4.78, 5) is 51.0. The fraction of sp³-hybridized carbons (Fsp3) is 0.524. The predicted octanol–water partition coefficient (Wildman–Crippen LogP) is 1.30. The van der Waals surface area contributed by atoms with E-state index in [0.29, 0.717) is 5.56 Å². The highest BCUT2D eigenvalue weighted by Gasteiger charge is 2.64. The summed E-state index contributed by atoms with van der Waals surface area (Å²) in [6.07, 6.45) is -2.14. The van der Waals surface area contributed by atoms with E-state index >= 15 is 0 Å². The van der Waals surface area contributed by atoms with Crippen molar-refractivity contribution in [2.75, 3.05) is 6.61 Å². The molecule has 1 aromatic rings. The summed E-state index contributed by atoms with van der Waals surface area (Å²) >= 11 is 1.38. The number of nitrogens with one attached hydrogen (secondary N) is 1. The van der Waals surface area contributed by atoms with Gasteiger partial charge >= 0.3 is 12.1 Å². The van der Waals surface area contributed by atoms with Gasteiger partial charge in [-0.1, -0.05) is 30.3 Å². The number of rotatable bonds is 7. The second-order valence-electron chi connectivity index (χ2n) is 7.94. The summed E-state index contributed by atoms with van der Waals surface area (Å²) < 4.78 is 14.0. The molecule has 0 radical (unpaired) electrons. The standard InChI is InChI=1S/C21H27N3O7S/c1-5-29-20(28)31-11(2)30-19(27)15-21(3,4)32-18-14(17(26)24(15)18)23-16(25)13(22)12-9-7-6-8-10-12/h6-11,13-15,18H,5,22H2,1-4H3,(H,23,25)/t11?,13-,14+,15-,18+/m0/s1. The number of nitrogens with zero attached hydrogens (tertiary/aromatic N) is 1. The Bertz CT molecular complexity index is 895. The fourth-order valence-corrected chi connectivity index (χ4v) is 5.34. The van der Waals surface area contributed by atoms with Gasteiger partial charge in [-0.2, -0.15) is 0 Å². The first-order valence-corrected chi connectivity index (χ1v) is 11.1. The predicted molar refractivity (Wildman–Crippen MR) is 115 cm³/mol. The van der Waals surface area contributed by atoms with Crippen molar-refractivity contribution < 1.29 is 33.4 Å². The highest BCUT2D eigenvalue weighted by molar-refractivity contribution is 8.01. The SMILES string of the molecule is CCOC(=O)OC(C)OC(=O)[C@@H]1N2C(=O)[C@@H](NC(=O)[C@@H](N)c3ccccc3)[C@H]2SC1(C)C. The van der Waals surface area contributed by atoms with Gasteiger partial charge in [0, 0.05) is 11.7 Å². The Balaban J connectivity index is 1.63. The summed E-state index contributed by atoms with van der Waals surface area (Å²) in [5, 5.41) is 2.26. The maximum Gasteiger partial charge on any atom is 0.511 e. The lowest BCUT2D eigenvalue weighted by Crippen LogP contribution is -2.71. The third kappa shape index (κ3) is 4.68. The summed E-state index contributed by atoms with van der Waals surface area (Å²) in [7, 11) is 0. The Morgan fingerprint density at radius 2 is 1.88 bits per heavy atom. The highest BCUT2D eigenvalue weighted by atomic mass is 32.2. The van der Waals surface area contributed by atoms with Crippen molar-refractivity contribution in [3.8, 4) is 0 Å². The zero-order valence-electron chi connectivity index (χ0n) is 18.3. The molecule has 11 heteroatoms. The van der Waals surface area contributed by atoms with Gasteiger partial charge in [-0.15, -0.1) is 11.8 Å². The lowest BCUT2D eigenvalue weighted by Gasteiger charge is -2.44. The van der Waals surface area contributed by atoms with E-state index in [1.54, 1.807) is 45.0 Å². The van der Waals surface area contributed by atoms with Crippen LogP contribution >= 0.6 is 11.8 Å². The molecule has 0 aliphatic carbocycles. The fourth-order valence-electron chi connectivity index (χ4n) is 3.72. The number of nitrogens with two attached hydrogens (primary N) is 1. The van der Waals surface area contributed by atoms with Gasteiger partial charge in [0.15, 0.2) is 0 Å². The summed E-state index contributed by atoms with van der Waals surface area (Å²) in [6, 6.07) is 6.21. The zero-order chi connectivity index (χ0) is 23.6. The first-order valence-electron chi connectivity index (χ1n) is 10.2. The average Bonchev–Trinajstić information content (AvgIpc) is 2.99. The molecular formula is C21H27N3O7S. The number of ether oxygens (including phenoxy) is 3. The second kappa shape index (κ2) is 9.37. The summed E-state index contributed by atoms with van der Waals surface area (Å²) in [6.45, 7) is 6.74. The molecule has 0 aromatic heterocycles. The number of hydrogen-bond donors (Lipinski definition) is 2. The van der Waals surface area contributed by atoms with E-state index in [-0.39, 0.29) is 6.61 Å². The molecule has 2 aliphatic rings. The molecule has 2 saturated heterocycles. The van der Waals surface area contributed by atoms with E-state index in [2.05, 4.69) is 10.1 Å². The maximum absolute atomic E-state index is 12.8. The topological polar surface area (TPSA) is 137 Å². The van der Waals surface area contributed by atoms with Gasteiger partial charge in [0.05, 0.1) is 6.61 Å². The van der Waals surface area contributed by atoms with Crippen molar-refractivity contribution in [2.45, 2.75) is 62.2 Å². The van der Waals surface area contributed by atoms with E-state index in [0.717, 1.165) is 0 Å². The van der Waals surface area contributed by atoms with Crippen LogP contribution < -0.4 is 11.1 Å². The van der Waals surface area contributed by atoms with E-state index < -0.39 is 58.5 Å². The van der Waals surface area contributed by atoms with Crippen LogP contribution in [-0.2, 0) is 28.6 Å². The van der Waals surface area contributed by atoms with Crippen LogP contribution in [0.2, 0.25) is 0 Å². The van der Waals surface area contributed by atoms with E-state index in [9.17, 15) is 19.2 Å². The Hall–Kier alpha value is -2.79. The van der Waals surface area contributed by atoms with Crippen LogP contribution in [0.1, 0.15) is 39.3 Å². The minimum absolute atomic E-state index is 0.122. The number of thioether (sulfide) groups is 1. The molecule has 32 heavy (non-hydrogen) atoms. The number of esters is 1. The largest absolute Gasteiger partial charge is 0.511 e. The number of fused-ring (bicyclic) bond motifs is 1. The Morgan fingerprint density at radius 1 is 1.22 bits per heavy atom. The lowest BCUT2D eigenvalue weighted by molar-refractivity contribution is -0.180. The third-order valence-corrected chi connectivity index (χ3v) is 6.78. The number of carbonyl (C=O) groups excluding carboxylic acids is 4. The van der Waals surface area contributed by atoms with Gasteiger partial charge in [-0.25, -0.2) is 9.59 Å². The third-order valence-electron chi connectivity index (χ3n) is 5.21. The molecule has 0 spiro atoms. The van der Waals surface area contributed by atoms with Crippen LogP contribution in [0.4, 0.5) is 4.79 Å². The van der Waals surface area contributed by atoms with Crippen molar-refractivity contribution in [2.24, 2.45) is 5.73 Å². The monoisotopic (exact) mass is 465 g/mol. The van der Waals surface area contributed by atoms with Gasteiger partial charge in [0.2, 0.25) is 18.1 Å². The second-order valence-corrected chi connectivity index (χ2v) is 9.71. The zero-order valence-corrected chi connectivity index (χ0v) is 19.1. The van der Waals surface area contributed by atoms with Crippen molar-refractivity contribution in [3.05, 3.63) is 35.9 Å². The molecule has 3 rings (SSSR count). The van der Waals surface area contributed by atoms with Crippen LogP contribution in [0.25, 0.3) is 0 Å². The van der Waals surface area contributed by atoms with Crippen LogP contribution in [0, 0.1) is 0 Å². The number of benzene rings is 1. The molecule has 2 aliphatic heterocycles. The molecule has 10 nitrogen and oxygen atoms in total. The number of amides is 2. The molecule has 1 aromatic carbocycles. The van der Waals surface area contributed by atoms with Gasteiger partial charge in [-0.3, -0.25) is 9.59 Å². The molecule has 1 unspecified atom stereocenters. The van der Waals surface area contributed by atoms with Crippen molar-refractivity contribution in [1.82, 2.24) is 10.2 Å². The molecule has 2 heterocycles. The highest BCUT2D eigenvalue weighted by Crippen LogP contribution is 2.51. The van der Waals surface area contributed by atoms with Crippen molar-refractivity contribution in [3.63, 3.8) is 0 Å². The molecule has 0 bridgehead atoms. The molecule has 2 amide bonds. The molecule has 2 fully saturated rings. The first kappa shape index (κ1) is 23.9. The van der Waals surface area contributed by atoms with Crippen molar-refractivity contribution in [1.29, 1.82) is 0 Å². The molecule has 174 valence electrons. The van der Waals surface area contributed by atoms with E-state index in [4.69, 9.17) is 15.2 Å². The van der Waals surface area contributed by atoms with Gasteiger partial charge < -0.3 is 30.2 Å². The minimum Gasteiger partial charge on any atom is -0.435 e. The minimum atomic E-state index is -1.18. The summed E-state index contributed by atoms with van der Waals surface area (Å²) in [5.74, 6) is -1.58. The Morgan fingerprint density at radius 3 is 2.50 bits per heavy atom. The van der Waals surface area contributed by atoms with Crippen LogP contribution in [0.5, 0.6) is 0 Å². The van der Waals surface area contributed by atoms with Crippen LogP contribution in [0.3, 0.4) is 0 Å². The van der Waals surface area contributed by atoms with Gasteiger partial charge in [-0.05, 0) is 26.3 Å². The van der Waals surface area contributed by atoms with Crippen LogP contribution in [-0.4, -0.2) is 63.9 Å². The normalized spacial score (nSPS) is 25.1. The quantitative estimate of drug-likeness (QED) is 0.347. The molecular weight excluding hydrogens is 438 g/mol. The first-order chi connectivity index (χ1) is 15.1. The van der Waals surface area contributed by atoms with Crippen molar-refractivity contribution >= 4 is 35.7 Å². The van der Waals surface area contributed by atoms with E-state index in [1.807, 2.05) is 6.07 Å². The lowest BCUT2D eigenvalue weighted by atomic mass is 9.95. The molecule has 3 N–H and O–H groups in total. The van der Waals surface area contributed by atoms with Gasteiger partial charge in [0.1, 0.15) is 23.5 Å².